The molecular formula is C35H40O7. The van der Waals surface area contributed by atoms with Gasteiger partial charge in [-0.3, -0.25) is 0 Å². The van der Waals surface area contributed by atoms with Crippen LogP contribution < -0.4 is 10.4 Å². The van der Waals surface area contributed by atoms with Gasteiger partial charge in [0.1, 0.15) is 11.3 Å². The summed E-state index contributed by atoms with van der Waals surface area (Å²) in [5.74, 6) is -0.521. The number of fused-ring (bicyclic) bond motifs is 1. The smallest absolute Gasteiger partial charge is 0.344 e. The number of carbonyl (C=O) groups excluding carboxylic acids is 2. The zero-order chi connectivity index (χ0) is 30.6. The van der Waals surface area contributed by atoms with Gasteiger partial charge in [-0.25, -0.2) is 14.4 Å². The molecule has 7 heteroatoms. The molecule has 0 aliphatic rings. The first-order valence-electron chi connectivity index (χ1n) is 14.2. The minimum absolute atomic E-state index is 0.301. The van der Waals surface area contributed by atoms with E-state index in [9.17, 15) is 14.4 Å². The summed E-state index contributed by atoms with van der Waals surface area (Å²) in [7, 11) is 0. The molecule has 0 N–H and O–H groups in total. The van der Waals surface area contributed by atoms with Crippen LogP contribution in [0, 0.1) is 0 Å². The summed E-state index contributed by atoms with van der Waals surface area (Å²) in [6.07, 6.45) is 5.00. The van der Waals surface area contributed by atoms with Gasteiger partial charge in [0.15, 0.2) is 0 Å². The zero-order valence-electron chi connectivity index (χ0n) is 24.9. The van der Waals surface area contributed by atoms with E-state index in [-0.39, 0.29) is 5.97 Å². The Balaban J connectivity index is 1.80. The molecule has 0 unspecified atom stereocenters. The summed E-state index contributed by atoms with van der Waals surface area (Å²) in [4.78, 5) is 36.4. The van der Waals surface area contributed by atoms with Gasteiger partial charge in [0.25, 0.3) is 0 Å². The van der Waals surface area contributed by atoms with Gasteiger partial charge in [-0.1, -0.05) is 37.4 Å². The Bertz CT molecular complexity index is 1510. The summed E-state index contributed by atoms with van der Waals surface area (Å²) in [6, 6.07) is 12.6. The Labute approximate surface area is 247 Å². The lowest BCUT2D eigenvalue weighted by molar-refractivity contribution is -0.139. The molecular weight excluding hydrogens is 532 g/mol. The molecule has 222 valence electrons. The zero-order valence-corrected chi connectivity index (χ0v) is 24.9. The van der Waals surface area contributed by atoms with Crippen molar-refractivity contribution in [1.82, 2.24) is 0 Å². The molecule has 7 nitrogen and oxygen atoms in total. The van der Waals surface area contributed by atoms with Crippen LogP contribution in [0.2, 0.25) is 0 Å². The lowest BCUT2D eigenvalue weighted by Crippen LogP contribution is -2.08. The fourth-order valence-electron chi connectivity index (χ4n) is 4.29. The molecule has 1 heterocycles. The summed E-state index contributed by atoms with van der Waals surface area (Å²) < 4.78 is 21.9. The van der Waals surface area contributed by atoms with E-state index in [1.165, 1.54) is 5.56 Å². The summed E-state index contributed by atoms with van der Waals surface area (Å²) >= 11 is 0. The van der Waals surface area contributed by atoms with Gasteiger partial charge in [-0.2, -0.15) is 0 Å². The van der Waals surface area contributed by atoms with Crippen LogP contribution in [0.5, 0.6) is 5.75 Å². The van der Waals surface area contributed by atoms with Crippen molar-refractivity contribution < 1.29 is 28.2 Å². The van der Waals surface area contributed by atoms with Crippen molar-refractivity contribution in [1.29, 1.82) is 0 Å². The highest BCUT2D eigenvalue weighted by atomic mass is 16.5. The van der Waals surface area contributed by atoms with Crippen molar-refractivity contribution in [2.24, 2.45) is 0 Å². The second-order valence-electron chi connectivity index (χ2n) is 10.6. The third-order valence-corrected chi connectivity index (χ3v) is 6.53. The molecule has 0 fully saturated rings. The second kappa shape index (κ2) is 15.7. The average molecular weight is 573 g/mol. The number of ether oxygens (including phenoxy) is 3. The maximum atomic E-state index is 13.0. The largest absolute Gasteiger partial charge is 0.462 e. The van der Waals surface area contributed by atoms with Crippen LogP contribution in [-0.4, -0.2) is 31.8 Å². The lowest BCUT2D eigenvalue weighted by atomic mass is 9.95. The molecule has 3 aromatic rings. The Morgan fingerprint density at radius 2 is 1.40 bits per heavy atom. The van der Waals surface area contributed by atoms with Gasteiger partial charge < -0.3 is 18.6 Å². The van der Waals surface area contributed by atoms with E-state index < -0.39 is 11.6 Å². The van der Waals surface area contributed by atoms with Crippen molar-refractivity contribution in [2.45, 2.75) is 59.3 Å². The topological polar surface area (TPSA) is 92.0 Å². The Morgan fingerprint density at radius 1 is 0.786 bits per heavy atom. The van der Waals surface area contributed by atoms with Crippen LogP contribution in [0.3, 0.4) is 0 Å². The standard InChI is InChI=1S/C35H40O7/c1-23(2)22-39-17-9-7-11-27-19-29-20-31(26-13-15-30(16-14-26)41-34(37)25(5)6)35(38)42-32(29)21-28(27)12-8-10-18-40-33(36)24(3)4/h13-16,19-21H,1,3,5,7-12,17-18,22H2,2,4,6H3. The number of esters is 2. The minimum Gasteiger partial charge on any atom is -0.462 e. The quantitative estimate of drug-likeness (QED) is 0.0444. The SMILES string of the molecule is C=C(C)COCCCCc1cc2cc(-c3ccc(OC(=O)C(=C)C)cc3)c(=O)oc2cc1CCCCOC(=O)C(=C)C. The summed E-state index contributed by atoms with van der Waals surface area (Å²) in [6.45, 7) is 17.8. The van der Waals surface area contributed by atoms with Crippen molar-refractivity contribution in [3.63, 3.8) is 0 Å². The number of carbonyl (C=O) groups is 2. The third-order valence-electron chi connectivity index (χ3n) is 6.53. The maximum absolute atomic E-state index is 13.0. The highest BCUT2D eigenvalue weighted by molar-refractivity contribution is 5.89. The van der Waals surface area contributed by atoms with Gasteiger partial charge in [0.05, 0.1) is 18.8 Å². The normalized spacial score (nSPS) is 10.8. The molecule has 0 amide bonds. The first-order valence-corrected chi connectivity index (χ1v) is 14.2. The summed E-state index contributed by atoms with van der Waals surface area (Å²) in [5.41, 5.74) is 5.13. The van der Waals surface area contributed by atoms with Crippen LogP contribution in [0.4, 0.5) is 0 Å². The Morgan fingerprint density at radius 3 is 2.02 bits per heavy atom. The van der Waals surface area contributed by atoms with Gasteiger partial charge >= 0.3 is 17.6 Å². The molecule has 0 spiro atoms. The van der Waals surface area contributed by atoms with Crippen molar-refractivity contribution >= 4 is 22.9 Å². The molecule has 0 aliphatic carbocycles. The monoisotopic (exact) mass is 572 g/mol. The van der Waals surface area contributed by atoms with Crippen LogP contribution in [-0.2, 0) is 31.9 Å². The molecule has 0 saturated carbocycles. The number of hydrogen-bond acceptors (Lipinski definition) is 7. The fraction of sp³-hybridized carbons (Fsp3) is 0.343. The lowest BCUT2D eigenvalue weighted by Gasteiger charge is -2.13. The maximum Gasteiger partial charge on any atom is 0.344 e. The third kappa shape index (κ3) is 9.70. The van der Waals surface area contributed by atoms with E-state index in [0.717, 1.165) is 48.6 Å². The molecule has 0 radical (unpaired) electrons. The van der Waals surface area contributed by atoms with Crippen LogP contribution in [0.15, 0.2) is 88.1 Å². The molecule has 1 aromatic heterocycles. The Kier molecular flexibility index (Phi) is 12.1. The molecule has 0 aliphatic heterocycles. The van der Waals surface area contributed by atoms with Crippen molar-refractivity contribution in [3.05, 3.63) is 100 Å². The predicted octanol–water partition coefficient (Wildman–Crippen LogP) is 7.30. The number of rotatable bonds is 16. The highest BCUT2D eigenvalue weighted by Gasteiger charge is 2.13. The van der Waals surface area contributed by atoms with Crippen molar-refractivity contribution in [3.8, 4) is 16.9 Å². The molecule has 42 heavy (non-hydrogen) atoms. The van der Waals surface area contributed by atoms with Crippen LogP contribution in [0.25, 0.3) is 22.1 Å². The van der Waals surface area contributed by atoms with E-state index >= 15 is 0 Å². The van der Waals surface area contributed by atoms with E-state index in [2.05, 4.69) is 25.8 Å². The van der Waals surface area contributed by atoms with E-state index in [0.29, 0.717) is 59.8 Å². The molecule has 3 rings (SSSR count). The van der Waals surface area contributed by atoms with E-state index in [1.807, 2.05) is 19.1 Å². The number of hydrogen-bond donors (Lipinski definition) is 0. The fourth-order valence-corrected chi connectivity index (χ4v) is 4.29. The number of unbranched alkanes of at least 4 members (excludes halogenated alkanes) is 2. The predicted molar refractivity (Wildman–Crippen MR) is 166 cm³/mol. The van der Waals surface area contributed by atoms with Crippen LogP contribution in [0.1, 0.15) is 57.6 Å². The number of benzene rings is 2. The molecule has 0 atom stereocenters. The first kappa shape index (κ1) is 32.3. The minimum atomic E-state index is -0.508. The van der Waals surface area contributed by atoms with Gasteiger partial charge in [-0.15, -0.1) is 0 Å². The average Bonchev–Trinajstić information content (AvgIpc) is 2.94. The second-order valence-corrected chi connectivity index (χ2v) is 10.6. The summed E-state index contributed by atoms with van der Waals surface area (Å²) in [5, 5.41) is 0.829. The molecule has 0 bridgehead atoms. The molecule has 2 aromatic carbocycles. The van der Waals surface area contributed by atoms with Crippen LogP contribution >= 0.6 is 0 Å². The Hall–Kier alpha value is -4.23. The van der Waals surface area contributed by atoms with Gasteiger partial charge in [-0.05, 0) is 106 Å². The van der Waals surface area contributed by atoms with Gasteiger partial charge in [0.2, 0.25) is 0 Å². The van der Waals surface area contributed by atoms with E-state index in [1.54, 1.807) is 38.1 Å². The van der Waals surface area contributed by atoms with Gasteiger partial charge in [0, 0.05) is 23.1 Å². The highest BCUT2D eigenvalue weighted by Crippen LogP contribution is 2.27. The first-order chi connectivity index (χ1) is 20.0. The number of aryl methyl sites for hydroxylation is 2. The van der Waals surface area contributed by atoms with E-state index in [4.69, 9.17) is 18.6 Å². The molecule has 0 saturated heterocycles. The van der Waals surface area contributed by atoms with Crippen molar-refractivity contribution in [2.75, 3.05) is 19.8 Å².